The second-order valence-corrected chi connectivity index (χ2v) is 4.57. The highest BCUT2D eigenvalue weighted by molar-refractivity contribution is 5.75. The maximum absolute atomic E-state index is 11.9. The molecule has 1 N–H and O–H groups in total. The van der Waals surface area contributed by atoms with Gasteiger partial charge in [-0.15, -0.1) is 0 Å². The van der Waals surface area contributed by atoms with Crippen molar-refractivity contribution in [3.63, 3.8) is 0 Å². The first kappa shape index (κ1) is 16.5. The summed E-state index contributed by atoms with van der Waals surface area (Å²) in [6.07, 6.45) is 0.745. The second-order valence-electron chi connectivity index (χ2n) is 4.57. The summed E-state index contributed by atoms with van der Waals surface area (Å²) in [5.41, 5.74) is 1.19. The van der Waals surface area contributed by atoms with Gasteiger partial charge in [0.2, 0.25) is 0 Å². The Bertz CT molecular complexity index is 381. The molecule has 0 saturated heterocycles. The molecule has 0 aliphatic carbocycles. The Morgan fingerprint density at radius 3 is 2.50 bits per heavy atom. The summed E-state index contributed by atoms with van der Waals surface area (Å²) in [6, 6.07) is 10.0. The van der Waals surface area contributed by atoms with Gasteiger partial charge in [0.15, 0.2) is 0 Å². The highest BCUT2D eigenvalue weighted by atomic mass is 16.5. The van der Waals surface area contributed by atoms with Crippen molar-refractivity contribution >= 4 is 11.7 Å². The predicted octanol–water partition coefficient (Wildman–Crippen LogP) is 2.44. The number of nitrogens with zero attached hydrogens (tertiary/aromatic N) is 1. The number of para-hydroxylation sites is 1. The number of ether oxygens (including phenoxy) is 1. The molecule has 112 valence electrons. The number of esters is 1. The van der Waals surface area contributed by atoms with E-state index in [2.05, 4.69) is 29.3 Å². The molecule has 0 radical (unpaired) electrons. The van der Waals surface area contributed by atoms with Crippen molar-refractivity contribution in [2.45, 2.75) is 33.2 Å². The van der Waals surface area contributed by atoms with E-state index in [4.69, 9.17) is 4.74 Å². The van der Waals surface area contributed by atoms with Crippen molar-refractivity contribution in [2.24, 2.45) is 0 Å². The number of nitrogens with one attached hydrogen (secondary N) is 1. The third-order valence-corrected chi connectivity index (χ3v) is 3.21. The Kier molecular flexibility index (Phi) is 7.73. The standard InChI is InChI=1S/C16H26N2O2/c1-4-17-15(16(19)20-6-3)12-13-18(5-2)14-10-8-7-9-11-14/h7-11,15,17H,4-6,12-13H2,1-3H3. The van der Waals surface area contributed by atoms with E-state index in [1.54, 1.807) is 0 Å². The van der Waals surface area contributed by atoms with E-state index in [9.17, 15) is 4.79 Å². The van der Waals surface area contributed by atoms with Gasteiger partial charge in [0.1, 0.15) is 6.04 Å². The molecular weight excluding hydrogens is 252 g/mol. The fourth-order valence-corrected chi connectivity index (χ4v) is 2.19. The van der Waals surface area contributed by atoms with Crippen LogP contribution in [-0.4, -0.2) is 38.3 Å². The molecule has 1 unspecified atom stereocenters. The van der Waals surface area contributed by atoms with Gasteiger partial charge in [-0.2, -0.15) is 0 Å². The van der Waals surface area contributed by atoms with Crippen LogP contribution in [0.15, 0.2) is 30.3 Å². The summed E-state index contributed by atoms with van der Waals surface area (Å²) >= 11 is 0. The molecule has 20 heavy (non-hydrogen) atoms. The van der Waals surface area contributed by atoms with Crippen LogP contribution in [0.25, 0.3) is 0 Å². The van der Waals surface area contributed by atoms with Gasteiger partial charge < -0.3 is 15.0 Å². The lowest BCUT2D eigenvalue weighted by molar-refractivity contribution is -0.145. The number of carbonyl (C=O) groups excluding carboxylic acids is 1. The molecular formula is C16H26N2O2. The van der Waals surface area contributed by atoms with Gasteiger partial charge in [-0.25, -0.2) is 0 Å². The zero-order valence-corrected chi connectivity index (χ0v) is 12.8. The van der Waals surface area contributed by atoms with Crippen molar-refractivity contribution in [1.82, 2.24) is 5.32 Å². The van der Waals surface area contributed by atoms with Gasteiger partial charge >= 0.3 is 5.97 Å². The van der Waals surface area contributed by atoms with Crippen LogP contribution in [0.3, 0.4) is 0 Å². The minimum absolute atomic E-state index is 0.154. The lowest BCUT2D eigenvalue weighted by Gasteiger charge is -2.25. The Balaban J connectivity index is 2.58. The van der Waals surface area contributed by atoms with Crippen molar-refractivity contribution in [2.75, 3.05) is 31.1 Å². The van der Waals surface area contributed by atoms with E-state index in [0.29, 0.717) is 6.61 Å². The highest BCUT2D eigenvalue weighted by Crippen LogP contribution is 2.13. The van der Waals surface area contributed by atoms with Gasteiger partial charge in [0.05, 0.1) is 6.61 Å². The first-order valence-corrected chi connectivity index (χ1v) is 7.42. The molecule has 1 aromatic rings. The van der Waals surface area contributed by atoms with E-state index in [1.165, 1.54) is 5.69 Å². The van der Waals surface area contributed by atoms with Gasteiger partial charge in [0, 0.05) is 18.8 Å². The van der Waals surface area contributed by atoms with Crippen molar-refractivity contribution < 1.29 is 9.53 Å². The van der Waals surface area contributed by atoms with Crippen LogP contribution in [-0.2, 0) is 9.53 Å². The summed E-state index contributed by atoms with van der Waals surface area (Å²) in [4.78, 5) is 14.1. The lowest BCUT2D eigenvalue weighted by atomic mass is 10.2. The molecule has 4 heteroatoms. The quantitative estimate of drug-likeness (QED) is 0.705. The second kappa shape index (κ2) is 9.37. The van der Waals surface area contributed by atoms with Crippen LogP contribution in [0.4, 0.5) is 5.69 Å². The van der Waals surface area contributed by atoms with E-state index in [1.807, 2.05) is 32.0 Å². The number of rotatable bonds is 9. The van der Waals surface area contributed by atoms with Gasteiger partial charge in [-0.05, 0) is 38.9 Å². The average Bonchev–Trinajstić information content (AvgIpc) is 2.48. The van der Waals surface area contributed by atoms with Crippen LogP contribution < -0.4 is 10.2 Å². The van der Waals surface area contributed by atoms with Crippen LogP contribution in [0.5, 0.6) is 0 Å². The predicted molar refractivity (Wildman–Crippen MR) is 83.0 cm³/mol. The Morgan fingerprint density at radius 1 is 1.25 bits per heavy atom. The largest absolute Gasteiger partial charge is 0.465 e. The fraction of sp³-hybridized carbons (Fsp3) is 0.562. The molecule has 0 spiro atoms. The molecule has 0 saturated carbocycles. The summed E-state index contributed by atoms with van der Waals surface area (Å²) in [6.45, 7) is 8.91. The van der Waals surface area contributed by atoms with Crippen molar-refractivity contribution in [1.29, 1.82) is 0 Å². The summed E-state index contributed by atoms with van der Waals surface area (Å²) in [5, 5.41) is 3.20. The molecule has 1 atom stereocenters. The SMILES string of the molecule is CCNC(CCN(CC)c1ccccc1)C(=O)OCC. The minimum atomic E-state index is -0.224. The minimum Gasteiger partial charge on any atom is -0.465 e. The number of anilines is 1. The van der Waals surface area contributed by atoms with E-state index >= 15 is 0 Å². The molecule has 1 rings (SSSR count). The number of hydrogen-bond donors (Lipinski definition) is 1. The molecule has 0 aliphatic rings. The zero-order valence-electron chi connectivity index (χ0n) is 12.8. The number of likely N-dealkylation sites (N-methyl/N-ethyl adjacent to an activating group) is 1. The zero-order chi connectivity index (χ0) is 14.8. The fourth-order valence-electron chi connectivity index (χ4n) is 2.19. The molecule has 0 aliphatic heterocycles. The van der Waals surface area contributed by atoms with Crippen LogP contribution in [0.1, 0.15) is 27.2 Å². The maximum atomic E-state index is 11.9. The number of carbonyl (C=O) groups is 1. The third kappa shape index (κ3) is 5.21. The molecule has 0 bridgehead atoms. The lowest BCUT2D eigenvalue weighted by Crippen LogP contribution is -2.41. The monoisotopic (exact) mass is 278 g/mol. The summed E-state index contributed by atoms with van der Waals surface area (Å²) in [5.74, 6) is -0.154. The first-order valence-electron chi connectivity index (χ1n) is 7.42. The van der Waals surface area contributed by atoms with Gasteiger partial charge in [-0.3, -0.25) is 4.79 Å². The van der Waals surface area contributed by atoms with E-state index in [0.717, 1.165) is 26.1 Å². The molecule has 0 aromatic heterocycles. The third-order valence-electron chi connectivity index (χ3n) is 3.21. The Hall–Kier alpha value is -1.55. The molecule has 0 heterocycles. The topological polar surface area (TPSA) is 41.6 Å². The molecule has 0 fully saturated rings. The number of benzene rings is 1. The average molecular weight is 278 g/mol. The van der Waals surface area contributed by atoms with Gasteiger partial charge in [-0.1, -0.05) is 25.1 Å². The van der Waals surface area contributed by atoms with Crippen molar-refractivity contribution in [3.8, 4) is 0 Å². The van der Waals surface area contributed by atoms with Crippen LogP contribution in [0.2, 0.25) is 0 Å². The highest BCUT2D eigenvalue weighted by Gasteiger charge is 2.19. The number of hydrogen-bond acceptors (Lipinski definition) is 4. The summed E-state index contributed by atoms with van der Waals surface area (Å²) in [7, 11) is 0. The van der Waals surface area contributed by atoms with Crippen molar-refractivity contribution in [3.05, 3.63) is 30.3 Å². The van der Waals surface area contributed by atoms with Crippen LogP contribution in [0, 0.1) is 0 Å². The Labute approximate surface area is 122 Å². The molecule has 0 amide bonds. The first-order chi connectivity index (χ1) is 9.72. The van der Waals surface area contributed by atoms with Crippen LogP contribution >= 0.6 is 0 Å². The van der Waals surface area contributed by atoms with E-state index in [-0.39, 0.29) is 12.0 Å². The van der Waals surface area contributed by atoms with E-state index < -0.39 is 0 Å². The van der Waals surface area contributed by atoms with Gasteiger partial charge in [0.25, 0.3) is 0 Å². The normalized spacial score (nSPS) is 11.9. The maximum Gasteiger partial charge on any atom is 0.323 e. The Morgan fingerprint density at radius 2 is 1.95 bits per heavy atom. The molecule has 4 nitrogen and oxygen atoms in total. The smallest absolute Gasteiger partial charge is 0.323 e. The summed E-state index contributed by atoms with van der Waals surface area (Å²) < 4.78 is 5.11. The molecule has 1 aromatic carbocycles.